The average molecular weight is 496 g/mol. The third kappa shape index (κ3) is 5.50. The lowest BCUT2D eigenvalue weighted by atomic mass is 10.2. The summed E-state index contributed by atoms with van der Waals surface area (Å²) in [6.45, 7) is 4.88. The van der Waals surface area contributed by atoms with E-state index in [1.807, 2.05) is 30.5 Å². The van der Waals surface area contributed by atoms with E-state index in [0.717, 1.165) is 21.8 Å². The lowest BCUT2D eigenvalue weighted by Crippen LogP contribution is -2.31. The molecule has 3 aromatic rings. The average Bonchev–Trinajstić information content (AvgIpc) is 3.48. The van der Waals surface area contributed by atoms with Crippen LogP contribution in [0.5, 0.6) is 11.5 Å². The monoisotopic (exact) mass is 495 g/mol. The van der Waals surface area contributed by atoms with Gasteiger partial charge < -0.3 is 14.2 Å². The number of hydrogen-bond acceptors (Lipinski definition) is 8. The number of sulfonamides is 1. The van der Waals surface area contributed by atoms with Gasteiger partial charge in [0, 0.05) is 18.0 Å². The van der Waals surface area contributed by atoms with Crippen molar-refractivity contribution >= 4 is 38.7 Å². The minimum absolute atomic E-state index is 0.0443. The van der Waals surface area contributed by atoms with Crippen LogP contribution in [0.3, 0.4) is 0 Å². The van der Waals surface area contributed by atoms with Crippen molar-refractivity contribution in [3.8, 4) is 11.5 Å². The van der Waals surface area contributed by atoms with E-state index >= 15 is 0 Å². The Morgan fingerprint density at radius 2 is 1.84 bits per heavy atom. The first kappa shape index (κ1) is 24.2. The molecule has 10 heteroatoms. The highest BCUT2D eigenvalue weighted by molar-refractivity contribution is 7.89. The molecule has 0 N–H and O–H groups in total. The molecule has 0 bridgehead atoms. The molecular formula is C22H25NO6S3. The van der Waals surface area contributed by atoms with E-state index in [1.165, 1.54) is 17.5 Å². The Morgan fingerprint density at radius 3 is 2.50 bits per heavy atom. The van der Waals surface area contributed by atoms with E-state index in [4.69, 9.17) is 14.2 Å². The Labute approximate surface area is 196 Å². The summed E-state index contributed by atoms with van der Waals surface area (Å²) in [6, 6.07) is 10.8. The Hall–Kier alpha value is -2.40. The maximum Gasteiger partial charge on any atom is 0.349 e. The number of hydrogen-bond donors (Lipinski definition) is 0. The molecule has 32 heavy (non-hydrogen) atoms. The van der Waals surface area contributed by atoms with Crippen molar-refractivity contribution in [2.45, 2.75) is 31.9 Å². The van der Waals surface area contributed by atoms with Gasteiger partial charge in [-0.1, -0.05) is 19.1 Å². The molecule has 0 fully saturated rings. The van der Waals surface area contributed by atoms with Crippen LogP contribution in [0.2, 0.25) is 0 Å². The van der Waals surface area contributed by atoms with Crippen molar-refractivity contribution in [1.29, 1.82) is 0 Å². The molecule has 0 aliphatic carbocycles. The Kier molecular flexibility index (Phi) is 8.30. The number of carbonyl (C=O) groups is 1. The first-order valence-electron chi connectivity index (χ1n) is 9.97. The quantitative estimate of drug-likeness (QED) is 0.356. The molecule has 0 radical (unpaired) electrons. The molecule has 0 aliphatic rings. The minimum Gasteiger partial charge on any atom is -0.490 e. The van der Waals surface area contributed by atoms with Crippen molar-refractivity contribution in [1.82, 2.24) is 4.31 Å². The second kappa shape index (κ2) is 11.0. The van der Waals surface area contributed by atoms with Gasteiger partial charge in [0.05, 0.1) is 13.7 Å². The fourth-order valence-corrected chi connectivity index (χ4v) is 6.39. The summed E-state index contributed by atoms with van der Waals surface area (Å²) in [5.74, 6) is 0.488. The molecule has 2 heterocycles. The van der Waals surface area contributed by atoms with E-state index in [-0.39, 0.29) is 22.9 Å². The van der Waals surface area contributed by atoms with E-state index in [2.05, 4.69) is 0 Å². The van der Waals surface area contributed by atoms with Crippen molar-refractivity contribution in [2.75, 3.05) is 20.3 Å². The van der Waals surface area contributed by atoms with Crippen LogP contribution in [0.1, 0.15) is 34.0 Å². The second-order valence-electron chi connectivity index (χ2n) is 6.62. The van der Waals surface area contributed by atoms with Gasteiger partial charge in [-0.2, -0.15) is 4.31 Å². The lowest BCUT2D eigenvalue weighted by Gasteiger charge is -2.21. The number of nitrogens with zero attached hydrogens (tertiary/aromatic N) is 1. The molecule has 2 aromatic heterocycles. The summed E-state index contributed by atoms with van der Waals surface area (Å²) >= 11 is 2.65. The normalized spacial score (nSPS) is 11.5. The number of methoxy groups -OCH3 is 1. The second-order valence-corrected chi connectivity index (χ2v) is 10.5. The zero-order valence-electron chi connectivity index (χ0n) is 18.1. The highest BCUT2D eigenvalue weighted by Crippen LogP contribution is 2.32. The van der Waals surface area contributed by atoms with Gasteiger partial charge >= 0.3 is 5.97 Å². The smallest absolute Gasteiger partial charge is 0.349 e. The summed E-state index contributed by atoms with van der Waals surface area (Å²) in [4.78, 5) is 13.1. The largest absolute Gasteiger partial charge is 0.490 e. The number of ether oxygens (including phenoxy) is 3. The van der Waals surface area contributed by atoms with Crippen LogP contribution in [0.25, 0.3) is 0 Å². The van der Waals surface area contributed by atoms with Crippen LogP contribution in [-0.4, -0.2) is 39.0 Å². The molecular weight excluding hydrogens is 470 g/mol. The van der Waals surface area contributed by atoms with Gasteiger partial charge in [0.2, 0.25) is 10.0 Å². The first-order chi connectivity index (χ1) is 15.4. The number of benzene rings is 1. The third-order valence-electron chi connectivity index (χ3n) is 4.59. The fourth-order valence-electron chi connectivity index (χ4n) is 3.03. The fraction of sp³-hybridized carbons (Fsp3) is 0.318. The van der Waals surface area contributed by atoms with Gasteiger partial charge in [-0.05, 0) is 47.5 Å². The molecule has 0 atom stereocenters. The number of rotatable bonds is 11. The van der Waals surface area contributed by atoms with Crippen molar-refractivity contribution in [2.24, 2.45) is 0 Å². The van der Waals surface area contributed by atoms with E-state index < -0.39 is 16.0 Å². The predicted molar refractivity (Wildman–Crippen MR) is 125 cm³/mol. The molecule has 1 aromatic carbocycles. The molecule has 0 spiro atoms. The maximum absolute atomic E-state index is 13.3. The lowest BCUT2D eigenvalue weighted by molar-refractivity contribution is 0.0602. The summed E-state index contributed by atoms with van der Waals surface area (Å²) in [5.41, 5.74) is 0.747. The van der Waals surface area contributed by atoms with Crippen LogP contribution < -0.4 is 9.47 Å². The maximum atomic E-state index is 13.3. The van der Waals surface area contributed by atoms with Crippen LogP contribution >= 0.6 is 22.7 Å². The molecule has 7 nitrogen and oxygen atoms in total. The standard InChI is InChI=1S/C22H25NO6S3/c1-4-23(32(25,26)20-10-12-31-21(20)22(24)27-3)14-16-8-9-18(19(13-16)28-5-2)29-15-17-7-6-11-30-17/h6-13H,4-5,14-15H2,1-3H3. The van der Waals surface area contributed by atoms with Crippen LogP contribution in [0, 0.1) is 0 Å². The van der Waals surface area contributed by atoms with E-state index in [0.29, 0.717) is 24.7 Å². The van der Waals surface area contributed by atoms with Gasteiger partial charge in [-0.25, -0.2) is 13.2 Å². The molecule has 3 rings (SSSR count). The van der Waals surface area contributed by atoms with Gasteiger partial charge in [0.1, 0.15) is 16.4 Å². The summed E-state index contributed by atoms with van der Waals surface area (Å²) < 4.78 is 44.2. The van der Waals surface area contributed by atoms with Gasteiger partial charge in [-0.3, -0.25) is 0 Å². The number of thiophene rings is 2. The number of esters is 1. The Bertz CT molecular complexity index is 1140. The topological polar surface area (TPSA) is 82.1 Å². The van der Waals surface area contributed by atoms with Crippen molar-refractivity contribution in [3.05, 3.63) is 62.5 Å². The minimum atomic E-state index is -3.89. The van der Waals surface area contributed by atoms with Crippen LogP contribution in [-0.2, 0) is 27.9 Å². The summed E-state index contributed by atoms with van der Waals surface area (Å²) in [7, 11) is -2.67. The summed E-state index contributed by atoms with van der Waals surface area (Å²) in [6.07, 6.45) is 0. The highest BCUT2D eigenvalue weighted by Gasteiger charge is 2.30. The van der Waals surface area contributed by atoms with Crippen molar-refractivity contribution in [3.63, 3.8) is 0 Å². The first-order valence-corrected chi connectivity index (χ1v) is 13.2. The van der Waals surface area contributed by atoms with Crippen LogP contribution in [0.15, 0.2) is 52.1 Å². The Morgan fingerprint density at radius 1 is 1.03 bits per heavy atom. The predicted octanol–water partition coefficient (Wildman–Crippen LogP) is 4.78. The molecule has 0 amide bonds. The zero-order valence-corrected chi connectivity index (χ0v) is 20.5. The molecule has 0 unspecified atom stereocenters. The summed E-state index contributed by atoms with van der Waals surface area (Å²) in [5, 5.41) is 3.56. The molecule has 0 saturated heterocycles. The van der Waals surface area contributed by atoms with E-state index in [1.54, 1.807) is 35.8 Å². The van der Waals surface area contributed by atoms with Crippen LogP contribution in [0.4, 0.5) is 0 Å². The number of carbonyl (C=O) groups excluding carboxylic acids is 1. The zero-order chi connectivity index (χ0) is 23.1. The third-order valence-corrected chi connectivity index (χ3v) is 8.42. The van der Waals surface area contributed by atoms with Gasteiger partial charge in [0.25, 0.3) is 0 Å². The SMILES string of the molecule is CCOc1cc(CN(CC)S(=O)(=O)c2ccsc2C(=O)OC)ccc1OCc1cccs1. The molecule has 0 saturated carbocycles. The Balaban J connectivity index is 1.83. The van der Waals surface area contributed by atoms with Gasteiger partial charge in [0.15, 0.2) is 11.5 Å². The van der Waals surface area contributed by atoms with Crippen molar-refractivity contribution < 1.29 is 27.4 Å². The highest BCUT2D eigenvalue weighted by atomic mass is 32.2. The van der Waals surface area contributed by atoms with Gasteiger partial charge in [-0.15, -0.1) is 22.7 Å². The molecule has 0 aliphatic heterocycles. The van der Waals surface area contributed by atoms with E-state index in [9.17, 15) is 13.2 Å². The molecule has 172 valence electrons.